The number of carbonyl (C=O) groups is 3. The van der Waals surface area contributed by atoms with Crippen molar-refractivity contribution in [2.24, 2.45) is 0 Å². The van der Waals surface area contributed by atoms with Gasteiger partial charge in [-0.3, -0.25) is 5.32 Å². The number of carboxylic acid groups (broad SMARTS) is 1. The number of ether oxygens (including phenoxy) is 3. The highest BCUT2D eigenvalue weighted by molar-refractivity contribution is 5.79. The van der Waals surface area contributed by atoms with Crippen molar-refractivity contribution in [3.63, 3.8) is 0 Å². The first kappa shape index (κ1) is 24.4. The molecule has 2 aromatic carbocycles. The molecule has 2 aromatic rings. The van der Waals surface area contributed by atoms with Gasteiger partial charge >= 0.3 is 18.3 Å². The van der Waals surface area contributed by atoms with E-state index in [0.29, 0.717) is 13.0 Å². The molecule has 1 aliphatic carbocycles. The SMILES string of the molecule is CC(C)(C)OC(=O)N1CCCC(NC(=O)OCC2c3ccccc3-c3ccccc32)(OC(=O)O)C1. The Hall–Kier alpha value is -3.75. The second kappa shape index (κ2) is 9.48. The molecule has 0 saturated carbocycles. The molecule has 1 unspecified atom stereocenters. The Kier molecular flexibility index (Phi) is 6.60. The molecular weight excluding hydrogens is 452 g/mol. The van der Waals surface area contributed by atoms with E-state index >= 15 is 0 Å². The fourth-order valence-corrected chi connectivity index (χ4v) is 4.70. The van der Waals surface area contributed by atoms with Crippen LogP contribution in [0.1, 0.15) is 50.7 Å². The van der Waals surface area contributed by atoms with Crippen molar-refractivity contribution in [2.45, 2.75) is 50.9 Å². The van der Waals surface area contributed by atoms with E-state index in [1.807, 2.05) is 48.5 Å². The predicted octanol–water partition coefficient (Wildman–Crippen LogP) is 4.95. The molecule has 1 aliphatic heterocycles. The summed E-state index contributed by atoms with van der Waals surface area (Å²) in [5.74, 6) is -0.144. The largest absolute Gasteiger partial charge is 0.507 e. The maximum atomic E-state index is 12.8. The van der Waals surface area contributed by atoms with E-state index in [0.717, 1.165) is 22.3 Å². The monoisotopic (exact) mass is 482 g/mol. The number of rotatable bonds is 4. The average Bonchev–Trinajstić information content (AvgIpc) is 3.10. The number of benzene rings is 2. The molecule has 1 heterocycles. The van der Waals surface area contributed by atoms with Gasteiger partial charge < -0.3 is 24.2 Å². The van der Waals surface area contributed by atoms with Crippen LogP contribution in [0.25, 0.3) is 11.1 Å². The number of carbonyl (C=O) groups excluding carboxylic acids is 2. The molecule has 2 aliphatic rings. The molecule has 9 heteroatoms. The van der Waals surface area contributed by atoms with Crippen molar-refractivity contribution in [3.8, 4) is 11.1 Å². The number of amides is 2. The van der Waals surface area contributed by atoms with Gasteiger partial charge in [-0.15, -0.1) is 0 Å². The van der Waals surface area contributed by atoms with E-state index in [9.17, 15) is 19.5 Å². The van der Waals surface area contributed by atoms with Gasteiger partial charge in [0.2, 0.25) is 5.72 Å². The summed E-state index contributed by atoms with van der Waals surface area (Å²) >= 11 is 0. The van der Waals surface area contributed by atoms with Gasteiger partial charge in [-0.2, -0.15) is 0 Å². The highest BCUT2D eigenvalue weighted by atomic mass is 16.7. The quantitative estimate of drug-likeness (QED) is 0.360. The number of hydrogen-bond donors (Lipinski definition) is 2. The lowest BCUT2D eigenvalue weighted by Gasteiger charge is -2.41. The second-order valence-corrected chi connectivity index (χ2v) is 9.82. The minimum Gasteiger partial charge on any atom is -0.450 e. The van der Waals surface area contributed by atoms with Crippen LogP contribution in [0.2, 0.25) is 0 Å². The molecule has 9 nitrogen and oxygen atoms in total. The molecule has 0 bridgehead atoms. The third kappa shape index (κ3) is 5.50. The van der Waals surface area contributed by atoms with Crippen LogP contribution in [0, 0.1) is 0 Å². The summed E-state index contributed by atoms with van der Waals surface area (Å²) in [5, 5.41) is 11.9. The first-order valence-electron chi connectivity index (χ1n) is 11.6. The summed E-state index contributed by atoms with van der Waals surface area (Å²) in [6, 6.07) is 15.9. The molecule has 0 spiro atoms. The van der Waals surface area contributed by atoms with Gasteiger partial charge in [0.1, 0.15) is 12.2 Å². The summed E-state index contributed by atoms with van der Waals surface area (Å²) < 4.78 is 16.1. The van der Waals surface area contributed by atoms with Gasteiger partial charge in [0.15, 0.2) is 0 Å². The minimum absolute atomic E-state index is 0.0682. The summed E-state index contributed by atoms with van der Waals surface area (Å²) in [6.45, 7) is 5.46. The van der Waals surface area contributed by atoms with Crippen LogP contribution >= 0.6 is 0 Å². The highest BCUT2D eigenvalue weighted by Gasteiger charge is 2.44. The van der Waals surface area contributed by atoms with Crippen LogP contribution < -0.4 is 5.32 Å². The number of nitrogens with zero attached hydrogens (tertiary/aromatic N) is 1. The maximum absolute atomic E-state index is 12.8. The molecule has 1 atom stereocenters. The fraction of sp³-hybridized carbons (Fsp3) is 0.423. The predicted molar refractivity (Wildman–Crippen MR) is 127 cm³/mol. The maximum Gasteiger partial charge on any atom is 0.507 e. The lowest BCUT2D eigenvalue weighted by molar-refractivity contribution is -0.0825. The first-order chi connectivity index (χ1) is 16.6. The van der Waals surface area contributed by atoms with Gasteiger partial charge in [-0.25, -0.2) is 14.4 Å². The Morgan fingerprint density at radius 1 is 1.06 bits per heavy atom. The van der Waals surface area contributed by atoms with Gasteiger partial charge in [-0.05, 0) is 49.4 Å². The van der Waals surface area contributed by atoms with Crippen molar-refractivity contribution in [1.82, 2.24) is 10.2 Å². The number of alkyl carbamates (subject to hydrolysis) is 1. The Bertz CT molecular complexity index is 1080. The van der Waals surface area contributed by atoms with Crippen LogP contribution in [0.3, 0.4) is 0 Å². The summed E-state index contributed by atoms with van der Waals surface area (Å²) in [4.78, 5) is 38.2. The Morgan fingerprint density at radius 3 is 2.23 bits per heavy atom. The smallest absolute Gasteiger partial charge is 0.450 e. The summed E-state index contributed by atoms with van der Waals surface area (Å²) in [6.07, 6.45) is -2.38. The highest BCUT2D eigenvalue weighted by Crippen LogP contribution is 2.44. The number of nitrogens with one attached hydrogen (secondary N) is 1. The number of piperidine rings is 1. The van der Waals surface area contributed by atoms with Crippen LogP contribution in [-0.4, -0.2) is 59.4 Å². The third-order valence-corrected chi connectivity index (χ3v) is 6.06. The molecule has 0 aromatic heterocycles. The van der Waals surface area contributed by atoms with Crippen LogP contribution in [0.5, 0.6) is 0 Å². The van der Waals surface area contributed by atoms with Crippen molar-refractivity contribution < 1.29 is 33.7 Å². The molecule has 1 fully saturated rings. The Labute approximate surface area is 204 Å². The van der Waals surface area contributed by atoms with Gasteiger partial charge in [-0.1, -0.05) is 48.5 Å². The summed E-state index contributed by atoms with van der Waals surface area (Å²) in [7, 11) is 0. The van der Waals surface area contributed by atoms with E-state index in [1.165, 1.54) is 4.90 Å². The number of likely N-dealkylation sites (tertiary alicyclic amines) is 1. The zero-order valence-electron chi connectivity index (χ0n) is 20.1. The number of fused-ring (bicyclic) bond motifs is 3. The average molecular weight is 483 g/mol. The molecule has 186 valence electrons. The lowest BCUT2D eigenvalue weighted by atomic mass is 9.98. The Balaban J connectivity index is 1.46. The molecular formula is C26H30N2O7. The van der Waals surface area contributed by atoms with Crippen LogP contribution in [-0.2, 0) is 14.2 Å². The van der Waals surface area contributed by atoms with Gasteiger partial charge in [0, 0.05) is 18.9 Å². The minimum atomic E-state index is -1.64. The Morgan fingerprint density at radius 2 is 1.66 bits per heavy atom. The number of hydrogen-bond acceptors (Lipinski definition) is 6. The van der Waals surface area contributed by atoms with Crippen LogP contribution in [0.4, 0.5) is 14.4 Å². The zero-order valence-corrected chi connectivity index (χ0v) is 20.1. The van der Waals surface area contributed by atoms with Gasteiger partial charge in [0.05, 0.1) is 6.54 Å². The van der Waals surface area contributed by atoms with E-state index in [-0.39, 0.29) is 25.5 Å². The standard InChI is InChI=1S/C26H30N2O7/c1-25(2,3)34-23(30)28-14-8-13-26(16-28,35-24(31)32)27-22(29)33-15-21-19-11-6-4-9-17(19)18-10-5-7-12-20(18)21/h4-7,9-12,21H,8,13-16H2,1-3H3,(H,27,29)(H,31,32). The van der Waals surface area contributed by atoms with E-state index < -0.39 is 29.7 Å². The molecule has 2 N–H and O–H groups in total. The van der Waals surface area contributed by atoms with Crippen molar-refractivity contribution in [2.75, 3.05) is 19.7 Å². The van der Waals surface area contributed by atoms with E-state index in [1.54, 1.807) is 20.8 Å². The van der Waals surface area contributed by atoms with Crippen molar-refractivity contribution in [3.05, 3.63) is 59.7 Å². The second-order valence-electron chi connectivity index (χ2n) is 9.82. The van der Waals surface area contributed by atoms with E-state index in [4.69, 9.17) is 14.2 Å². The summed E-state index contributed by atoms with van der Waals surface area (Å²) in [5.41, 5.74) is 1.97. The molecule has 1 saturated heterocycles. The van der Waals surface area contributed by atoms with Gasteiger partial charge in [0.25, 0.3) is 0 Å². The van der Waals surface area contributed by atoms with E-state index in [2.05, 4.69) is 5.32 Å². The fourth-order valence-electron chi connectivity index (χ4n) is 4.70. The molecule has 0 radical (unpaired) electrons. The topological polar surface area (TPSA) is 114 Å². The van der Waals surface area contributed by atoms with Crippen LogP contribution in [0.15, 0.2) is 48.5 Å². The zero-order chi connectivity index (χ0) is 25.2. The van der Waals surface area contributed by atoms with Crippen molar-refractivity contribution >= 4 is 18.3 Å². The third-order valence-electron chi connectivity index (χ3n) is 6.06. The molecule has 35 heavy (non-hydrogen) atoms. The lowest BCUT2D eigenvalue weighted by Crippen LogP contribution is -2.62. The van der Waals surface area contributed by atoms with Crippen molar-refractivity contribution in [1.29, 1.82) is 0 Å². The normalized spacial score (nSPS) is 19.3. The first-order valence-corrected chi connectivity index (χ1v) is 11.6. The molecule has 4 rings (SSSR count). The molecule has 2 amide bonds.